The average Bonchev–Trinajstić information content (AvgIpc) is 3.11. The second-order valence-corrected chi connectivity index (χ2v) is 5.08. The summed E-state index contributed by atoms with van der Waals surface area (Å²) in [5.74, 6) is 0.833. The van der Waals surface area contributed by atoms with E-state index in [9.17, 15) is 4.79 Å². The van der Waals surface area contributed by atoms with Crippen LogP contribution in [0.5, 0.6) is 5.75 Å². The molecule has 1 amide bonds. The predicted molar refractivity (Wildman–Crippen MR) is 92.0 cm³/mol. The van der Waals surface area contributed by atoms with Crippen LogP contribution in [0, 0.1) is 0 Å². The Morgan fingerprint density at radius 3 is 2.88 bits per heavy atom. The largest absolute Gasteiger partial charge is 0.497 e. The number of nitrogens with zero attached hydrogens (tertiary/aromatic N) is 5. The van der Waals surface area contributed by atoms with E-state index in [2.05, 4.69) is 25.9 Å². The molecule has 3 rings (SSSR count). The zero-order valence-corrected chi connectivity index (χ0v) is 13.5. The molecule has 0 saturated heterocycles. The van der Waals surface area contributed by atoms with Crippen LogP contribution < -0.4 is 10.2 Å². The number of hydrogen-bond acceptors (Lipinski definition) is 6. The molecule has 0 aliphatic carbocycles. The van der Waals surface area contributed by atoms with Crippen molar-refractivity contribution in [1.29, 1.82) is 0 Å². The lowest BCUT2D eigenvalue weighted by Gasteiger charge is -2.00. The number of benzene rings is 2. The van der Waals surface area contributed by atoms with Crippen molar-refractivity contribution in [3.63, 3.8) is 0 Å². The van der Waals surface area contributed by atoms with Gasteiger partial charge in [-0.15, -0.1) is 10.2 Å². The maximum atomic E-state index is 11.9. The van der Waals surface area contributed by atoms with Crippen LogP contribution >= 0.6 is 0 Å². The molecule has 0 aliphatic heterocycles. The maximum Gasteiger partial charge on any atom is 0.263 e. The minimum Gasteiger partial charge on any atom is -0.497 e. The van der Waals surface area contributed by atoms with Gasteiger partial charge < -0.3 is 4.74 Å². The molecule has 25 heavy (non-hydrogen) atoms. The lowest BCUT2D eigenvalue weighted by Crippen LogP contribution is -2.24. The number of nitrogens with one attached hydrogen (secondary N) is 1. The van der Waals surface area contributed by atoms with E-state index in [1.165, 1.54) is 11.0 Å². The van der Waals surface area contributed by atoms with Crippen molar-refractivity contribution in [3.8, 4) is 17.1 Å². The van der Waals surface area contributed by atoms with E-state index in [1.807, 2.05) is 48.5 Å². The lowest BCUT2D eigenvalue weighted by atomic mass is 10.2. The lowest BCUT2D eigenvalue weighted by molar-refractivity contribution is -0.122. The summed E-state index contributed by atoms with van der Waals surface area (Å²) in [5, 5.41) is 15.9. The van der Waals surface area contributed by atoms with Crippen molar-refractivity contribution < 1.29 is 9.53 Å². The monoisotopic (exact) mass is 336 g/mol. The summed E-state index contributed by atoms with van der Waals surface area (Å²) in [6.45, 7) is -0.0741. The number of hydrazone groups is 1. The summed E-state index contributed by atoms with van der Waals surface area (Å²) in [4.78, 5) is 13.1. The van der Waals surface area contributed by atoms with E-state index in [4.69, 9.17) is 4.74 Å². The SMILES string of the molecule is COc1cccc(/C=N\NC(=O)Cn2nnc(-c3ccccc3)n2)c1. The number of rotatable bonds is 6. The molecule has 3 aromatic rings. The minimum atomic E-state index is -0.351. The third-order valence-electron chi connectivity index (χ3n) is 3.27. The quantitative estimate of drug-likeness (QED) is 0.544. The van der Waals surface area contributed by atoms with Gasteiger partial charge in [0.1, 0.15) is 12.3 Å². The molecule has 0 fully saturated rings. The van der Waals surface area contributed by atoms with E-state index in [0.717, 1.165) is 16.9 Å². The number of tetrazole rings is 1. The molecule has 126 valence electrons. The van der Waals surface area contributed by atoms with Crippen molar-refractivity contribution in [2.75, 3.05) is 7.11 Å². The highest BCUT2D eigenvalue weighted by Gasteiger charge is 2.08. The first-order valence-corrected chi connectivity index (χ1v) is 7.54. The normalized spacial score (nSPS) is 10.8. The van der Waals surface area contributed by atoms with E-state index in [1.54, 1.807) is 13.2 Å². The van der Waals surface area contributed by atoms with Crippen LogP contribution in [0.1, 0.15) is 5.56 Å². The van der Waals surface area contributed by atoms with Gasteiger partial charge in [0.2, 0.25) is 5.82 Å². The van der Waals surface area contributed by atoms with Crippen molar-refractivity contribution in [1.82, 2.24) is 25.6 Å². The minimum absolute atomic E-state index is 0.0741. The molecule has 0 bridgehead atoms. The Labute approximate surface area is 144 Å². The first kappa shape index (κ1) is 16.3. The van der Waals surface area contributed by atoms with E-state index in [0.29, 0.717) is 5.82 Å². The van der Waals surface area contributed by atoms with E-state index < -0.39 is 0 Å². The molecule has 0 atom stereocenters. The molecule has 0 spiro atoms. The summed E-state index contributed by atoms with van der Waals surface area (Å²) in [6, 6.07) is 16.8. The van der Waals surface area contributed by atoms with Crippen molar-refractivity contribution in [2.45, 2.75) is 6.54 Å². The molecule has 8 heteroatoms. The predicted octanol–water partition coefficient (Wildman–Crippen LogP) is 1.50. The molecule has 2 aromatic carbocycles. The standard InChI is InChI=1S/C17H16N6O2/c1-25-15-9-5-6-13(10-15)11-18-19-16(24)12-23-21-17(20-22-23)14-7-3-2-4-8-14/h2-11H,12H2,1H3,(H,19,24)/b18-11-. The fourth-order valence-electron chi connectivity index (χ4n) is 2.08. The zero-order valence-electron chi connectivity index (χ0n) is 13.5. The molecule has 0 unspecified atom stereocenters. The topological polar surface area (TPSA) is 94.3 Å². The third-order valence-corrected chi connectivity index (χ3v) is 3.27. The number of hydrogen-bond donors (Lipinski definition) is 1. The summed E-state index contributed by atoms with van der Waals surface area (Å²) in [7, 11) is 1.59. The van der Waals surface area contributed by atoms with Gasteiger partial charge in [0.15, 0.2) is 0 Å². The zero-order chi connectivity index (χ0) is 17.5. The van der Waals surface area contributed by atoms with E-state index >= 15 is 0 Å². The smallest absolute Gasteiger partial charge is 0.263 e. The molecular weight excluding hydrogens is 320 g/mol. The summed E-state index contributed by atoms with van der Waals surface area (Å²) in [6.07, 6.45) is 1.53. The number of carbonyl (C=O) groups is 1. The molecule has 1 N–H and O–H groups in total. The Morgan fingerprint density at radius 1 is 1.24 bits per heavy atom. The van der Waals surface area contributed by atoms with Crippen molar-refractivity contribution >= 4 is 12.1 Å². The maximum absolute atomic E-state index is 11.9. The Balaban J connectivity index is 1.56. The highest BCUT2D eigenvalue weighted by atomic mass is 16.5. The Kier molecular flexibility index (Phi) is 5.10. The fraction of sp³-hybridized carbons (Fsp3) is 0.118. The number of amides is 1. The highest BCUT2D eigenvalue weighted by Crippen LogP contribution is 2.12. The summed E-state index contributed by atoms with van der Waals surface area (Å²) >= 11 is 0. The van der Waals surface area contributed by atoms with Crippen LogP contribution in [-0.2, 0) is 11.3 Å². The molecule has 0 aliphatic rings. The number of carbonyl (C=O) groups excluding carboxylic acids is 1. The van der Waals surface area contributed by atoms with Gasteiger partial charge in [-0.25, -0.2) is 5.43 Å². The van der Waals surface area contributed by atoms with Gasteiger partial charge in [-0.3, -0.25) is 4.79 Å². The second-order valence-electron chi connectivity index (χ2n) is 5.08. The third kappa shape index (κ3) is 4.47. The van der Waals surface area contributed by atoms with Crippen LogP contribution in [0.4, 0.5) is 0 Å². The molecular formula is C17H16N6O2. The fourth-order valence-corrected chi connectivity index (χ4v) is 2.08. The van der Waals surface area contributed by atoms with Crippen LogP contribution in [0.3, 0.4) is 0 Å². The molecule has 1 heterocycles. The molecule has 1 aromatic heterocycles. The molecule has 0 radical (unpaired) electrons. The first-order chi connectivity index (χ1) is 12.2. The second kappa shape index (κ2) is 7.82. The number of aromatic nitrogens is 4. The van der Waals surface area contributed by atoms with Crippen molar-refractivity contribution in [2.24, 2.45) is 5.10 Å². The van der Waals surface area contributed by atoms with Crippen molar-refractivity contribution in [3.05, 3.63) is 60.2 Å². The van der Waals surface area contributed by atoms with Gasteiger partial charge in [-0.05, 0) is 22.9 Å². The summed E-state index contributed by atoms with van der Waals surface area (Å²) < 4.78 is 5.12. The van der Waals surface area contributed by atoms with Gasteiger partial charge in [-0.2, -0.15) is 9.90 Å². The average molecular weight is 336 g/mol. The van der Waals surface area contributed by atoms with Gasteiger partial charge in [-0.1, -0.05) is 42.5 Å². The Morgan fingerprint density at radius 2 is 2.08 bits per heavy atom. The summed E-state index contributed by atoms with van der Waals surface area (Å²) in [5.41, 5.74) is 4.08. The van der Waals surface area contributed by atoms with Crippen LogP contribution in [0.2, 0.25) is 0 Å². The van der Waals surface area contributed by atoms with Crippen LogP contribution in [0.25, 0.3) is 11.4 Å². The van der Waals surface area contributed by atoms with Gasteiger partial charge in [0.25, 0.3) is 5.91 Å². The van der Waals surface area contributed by atoms with Crippen LogP contribution in [-0.4, -0.2) is 39.4 Å². The van der Waals surface area contributed by atoms with Gasteiger partial charge >= 0.3 is 0 Å². The first-order valence-electron chi connectivity index (χ1n) is 7.54. The van der Waals surface area contributed by atoms with Gasteiger partial charge in [0, 0.05) is 5.56 Å². The molecule has 0 saturated carbocycles. The van der Waals surface area contributed by atoms with Gasteiger partial charge in [0.05, 0.1) is 13.3 Å². The Bertz CT molecular complexity index is 876. The number of methoxy groups -OCH3 is 1. The number of ether oxygens (including phenoxy) is 1. The Hall–Kier alpha value is -3.55. The molecule has 8 nitrogen and oxygen atoms in total. The van der Waals surface area contributed by atoms with E-state index in [-0.39, 0.29) is 12.5 Å². The van der Waals surface area contributed by atoms with Crippen LogP contribution in [0.15, 0.2) is 59.7 Å². The highest BCUT2D eigenvalue weighted by molar-refractivity contribution is 5.82.